The molecule has 0 aliphatic carbocycles. The minimum Gasteiger partial charge on any atom is -0.507 e. The number of rotatable bonds is 8. The highest BCUT2D eigenvalue weighted by molar-refractivity contribution is 6.46. The van der Waals surface area contributed by atoms with E-state index in [9.17, 15) is 14.7 Å². The van der Waals surface area contributed by atoms with Gasteiger partial charge in [0.15, 0.2) is 0 Å². The van der Waals surface area contributed by atoms with Crippen molar-refractivity contribution in [2.45, 2.75) is 19.4 Å². The summed E-state index contributed by atoms with van der Waals surface area (Å²) in [5.74, 6) is -0.745. The molecular weight excluding hydrogens is 430 g/mol. The fourth-order valence-electron chi connectivity index (χ4n) is 4.42. The smallest absolute Gasteiger partial charge is 0.295 e. The lowest BCUT2D eigenvalue weighted by atomic mass is 9.95. The van der Waals surface area contributed by atoms with Crippen LogP contribution in [0.15, 0.2) is 60.3 Å². The Morgan fingerprint density at radius 2 is 1.79 bits per heavy atom. The van der Waals surface area contributed by atoms with Gasteiger partial charge in [-0.3, -0.25) is 9.59 Å². The summed E-state index contributed by atoms with van der Waals surface area (Å²) in [6.45, 7) is 3.59. The zero-order valence-electron chi connectivity index (χ0n) is 20.1. The van der Waals surface area contributed by atoms with Gasteiger partial charge in [0.25, 0.3) is 11.7 Å². The largest absolute Gasteiger partial charge is 0.507 e. The van der Waals surface area contributed by atoms with E-state index >= 15 is 0 Å². The Kier molecular flexibility index (Phi) is 6.75. The summed E-state index contributed by atoms with van der Waals surface area (Å²) in [7, 11) is 5.78. The Balaban J connectivity index is 1.85. The van der Waals surface area contributed by atoms with Crippen molar-refractivity contribution < 1.29 is 19.4 Å². The van der Waals surface area contributed by atoms with Crippen LogP contribution in [0.4, 0.5) is 0 Å². The molecule has 3 aromatic rings. The van der Waals surface area contributed by atoms with Crippen LogP contribution in [0, 0.1) is 0 Å². The maximum atomic E-state index is 13.3. The number of amides is 1. The molecule has 2 aromatic carbocycles. The summed E-state index contributed by atoms with van der Waals surface area (Å²) in [4.78, 5) is 29.9. The maximum absolute atomic E-state index is 13.3. The number of carbonyl (C=O) groups is 2. The molecule has 1 fully saturated rings. The van der Waals surface area contributed by atoms with Crippen molar-refractivity contribution in [2.75, 3.05) is 33.8 Å². The number of likely N-dealkylation sites (N-methyl/N-ethyl adjacent to an activating group) is 1. The average Bonchev–Trinajstić information content (AvgIpc) is 3.29. The van der Waals surface area contributed by atoms with Crippen LogP contribution < -0.4 is 4.74 Å². The maximum Gasteiger partial charge on any atom is 0.295 e. The number of nitrogens with zero attached hydrogens (tertiary/aromatic N) is 3. The van der Waals surface area contributed by atoms with E-state index in [0.717, 1.165) is 22.9 Å². The summed E-state index contributed by atoms with van der Waals surface area (Å²) in [5, 5.41) is 12.2. The second kappa shape index (κ2) is 9.73. The number of aryl methyl sites for hydroxylation is 1. The van der Waals surface area contributed by atoms with E-state index in [4.69, 9.17) is 4.74 Å². The molecule has 0 bridgehead atoms. The Labute approximate surface area is 199 Å². The zero-order chi connectivity index (χ0) is 24.4. The molecule has 7 heteroatoms. The van der Waals surface area contributed by atoms with Gasteiger partial charge in [-0.15, -0.1) is 0 Å². The molecule has 4 rings (SSSR count). The van der Waals surface area contributed by atoms with Crippen molar-refractivity contribution >= 4 is 28.4 Å². The second-order valence-corrected chi connectivity index (χ2v) is 8.88. The number of benzene rings is 2. The Morgan fingerprint density at radius 1 is 1.09 bits per heavy atom. The van der Waals surface area contributed by atoms with Gasteiger partial charge >= 0.3 is 0 Å². The van der Waals surface area contributed by atoms with E-state index in [2.05, 4.69) is 0 Å². The summed E-state index contributed by atoms with van der Waals surface area (Å²) >= 11 is 0. The molecule has 1 atom stereocenters. The number of ketones is 1. The lowest BCUT2D eigenvalue weighted by Gasteiger charge is -2.26. The Morgan fingerprint density at radius 3 is 2.47 bits per heavy atom. The van der Waals surface area contributed by atoms with Crippen LogP contribution in [-0.2, 0) is 16.6 Å². The van der Waals surface area contributed by atoms with E-state index < -0.39 is 17.7 Å². The molecule has 1 N–H and O–H groups in total. The number of para-hydroxylation sites is 1. The molecular formula is C27H31N3O4. The average molecular weight is 462 g/mol. The first-order chi connectivity index (χ1) is 16.3. The number of hydrogen-bond acceptors (Lipinski definition) is 5. The van der Waals surface area contributed by atoms with Crippen LogP contribution in [0.25, 0.3) is 16.7 Å². The number of carbonyl (C=O) groups excluding carboxylic acids is 2. The number of Topliss-reactive ketones (excluding diaryl/α,β-unsaturated/α-hetero) is 1. The van der Waals surface area contributed by atoms with E-state index in [-0.39, 0.29) is 11.3 Å². The summed E-state index contributed by atoms with van der Waals surface area (Å²) in [6, 6.07) is 14.2. The Hall–Kier alpha value is -3.58. The van der Waals surface area contributed by atoms with Gasteiger partial charge in [-0.1, -0.05) is 25.1 Å². The number of ether oxygens (including phenoxy) is 1. The van der Waals surface area contributed by atoms with Gasteiger partial charge in [-0.05, 0) is 50.8 Å². The van der Waals surface area contributed by atoms with Crippen molar-refractivity contribution in [1.29, 1.82) is 0 Å². The van der Waals surface area contributed by atoms with Gasteiger partial charge in [0, 0.05) is 48.4 Å². The van der Waals surface area contributed by atoms with Crippen LogP contribution in [0.1, 0.15) is 30.5 Å². The van der Waals surface area contributed by atoms with Gasteiger partial charge in [-0.25, -0.2) is 0 Å². The third-order valence-corrected chi connectivity index (χ3v) is 6.15. The number of hydrogen-bond donors (Lipinski definition) is 1. The fraction of sp³-hybridized carbons (Fsp3) is 0.333. The minimum absolute atomic E-state index is 0.113. The molecule has 0 spiro atoms. The Bertz CT molecular complexity index is 1240. The predicted molar refractivity (Wildman–Crippen MR) is 133 cm³/mol. The molecule has 7 nitrogen and oxygen atoms in total. The number of aromatic nitrogens is 1. The summed E-state index contributed by atoms with van der Waals surface area (Å²) in [5.41, 5.74) is 2.40. The number of aliphatic hydroxyl groups is 1. The fourth-order valence-corrected chi connectivity index (χ4v) is 4.42. The van der Waals surface area contributed by atoms with Crippen molar-refractivity contribution in [3.63, 3.8) is 0 Å². The van der Waals surface area contributed by atoms with E-state index in [1.807, 2.05) is 68.0 Å². The summed E-state index contributed by atoms with van der Waals surface area (Å²) in [6.07, 6.45) is 2.84. The lowest BCUT2D eigenvalue weighted by Crippen LogP contribution is -2.35. The molecule has 0 saturated carbocycles. The molecule has 1 unspecified atom stereocenters. The molecule has 34 heavy (non-hydrogen) atoms. The van der Waals surface area contributed by atoms with E-state index in [1.165, 1.54) is 0 Å². The molecule has 178 valence electrons. The standard InChI is InChI=1S/C27H31N3O4/c1-5-16-34-19-12-10-18(11-13-19)25(31)23-24(30(15-14-28(2)3)27(33)26(23)32)21-17-29(4)22-9-7-6-8-20(21)22/h6-13,17,24,31H,5,14-16H2,1-4H3/b25-23+. The van der Waals surface area contributed by atoms with Crippen LogP contribution in [-0.4, -0.2) is 65.0 Å². The first-order valence-electron chi connectivity index (χ1n) is 11.5. The van der Waals surface area contributed by atoms with Crippen molar-refractivity contribution in [3.05, 3.63) is 71.4 Å². The second-order valence-electron chi connectivity index (χ2n) is 8.88. The van der Waals surface area contributed by atoms with Crippen molar-refractivity contribution in [3.8, 4) is 5.75 Å². The monoisotopic (exact) mass is 461 g/mol. The molecule has 1 amide bonds. The molecule has 1 aromatic heterocycles. The van der Waals surface area contributed by atoms with Crippen molar-refractivity contribution in [1.82, 2.24) is 14.4 Å². The van der Waals surface area contributed by atoms with Crippen LogP contribution >= 0.6 is 0 Å². The van der Waals surface area contributed by atoms with E-state index in [0.29, 0.717) is 31.0 Å². The topological polar surface area (TPSA) is 75.0 Å². The SMILES string of the molecule is CCCOc1ccc(/C(O)=C2\C(=O)C(=O)N(CCN(C)C)C2c2cn(C)c3ccccc23)cc1. The van der Waals surface area contributed by atoms with Gasteiger partial charge in [-0.2, -0.15) is 0 Å². The molecule has 2 heterocycles. The van der Waals surface area contributed by atoms with E-state index in [1.54, 1.807) is 29.2 Å². The third kappa shape index (κ3) is 4.31. The predicted octanol–water partition coefficient (Wildman–Crippen LogP) is 3.95. The minimum atomic E-state index is -0.679. The quantitative estimate of drug-likeness (QED) is 0.312. The molecule has 1 aliphatic heterocycles. The number of aliphatic hydroxyl groups excluding tert-OH is 1. The lowest BCUT2D eigenvalue weighted by molar-refractivity contribution is -0.140. The number of fused-ring (bicyclic) bond motifs is 1. The van der Waals surface area contributed by atoms with Gasteiger partial charge in [0.2, 0.25) is 0 Å². The highest BCUT2D eigenvalue weighted by atomic mass is 16.5. The normalized spacial score (nSPS) is 17.8. The zero-order valence-corrected chi connectivity index (χ0v) is 20.1. The van der Waals surface area contributed by atoms with Gasteiger partial charge < -0.3 is 24.2 Å². The first kappa shape index (κ1) is 23.6. The molecule has 0 radical (unpaired) electrons. The van der Waals surface area contributed by atoms with Crippen LogP contribution in [0.5, 0.6) is 5.75 Å². The van der Waals surface area contributed by atoms with Gasteiger partial charge in [0.1, 0.15) is 11.5 Å². The third-order valence-electron chi connectivity index (χ3n) is 6.15. The first-order valence-corrected chi connectivity index (χ1v) is 11.5. The molecule has 1 aliphatic rings. The van der Waals surface area contributed by atoms with Crippen molar-refractivity contribution in [2.24, 2.45) is 7.05 Å². The summed E-state index contributed by atoms with van der Waals surface area (Å²) < 4.78 is 7.61. The van der Waals surface area contributed by atoms with Crippen LogP contribution in [0.2, 0.25) is 0 Å². The number of likely N-dealkylation sites (tertiary alicyclic amines) is 1. The highest BCUT2D eigenvalue weighted by Crippen LogP contribution is 2.42. The van der Waals surface area contributed by atoms with Crippen LogP contribution in [0.3, 0.4) is 0 Å². The van der Waals surface area contributed by atoms with Gasteiger partial charge in [0.05, 0.1) is 18.2 Å². The highest BCUT2D eigenvalue weighted by Gasteiger charge is 2.46. The molecule has 1 saturated heterocycles.